The molecular formula is C13H12N2O2. The maximum Gasteiger partial charge on any atom is 0.235 e. The molecular weight excluding hydrogens is 216 g/mol. The van der Waals surface area contributed by atoms with Crippen LogP contribution in [0.5, 0.6) is 0 Å². The van der Waals surface area contributed by atoms with Crippen LogP contribution < -0.4 is 0 Å². The summed E-state index contributed by atoms with van der Waals surface area (Å²) in [7, 11) is 0. The number of isocyanates is 1. The SMILES string of the molecule is O=C=NC1(c2cccc3ocnc23)CCCC1. The summed E-state index contributed by atoms with van der Waals surface area (Å²) in [6, 6.07) is 5.78. The molecule has 1 aromatic heterocycles. The van der Waals surface area contributed by atoms with Crippen molar-refractivity contribution < 1.29 is 9.21 Å². The van der Waals surface area contributed by atoms with Crippen molar-refractivity contribution in [2.24, 2.45) is 4.99 Å². The second-order valence-corrected chi connectivity index (χ2v) is 4.45. The lowest BCUT2D eigenvalue weighted by molar-refractivity contribution is 0.459. The molecule has 0 amide bonds. The zero-order valence-corrected chi connectivity index (χ0v) is 9.35. The predicted molar refractivity (Wildman–Crippen MR) is 62.3 cm³/mol. The van der Waals surface area contributed by atoms with E-state index < -0.39 is 5.54 Å². The molecule has 3 rings (SSSR count). The predicted octanol–water partition coefficient (Wildman–Crippen LogP) is 2.93. The molecule has 1 heterocycles. The molecule has 86 valence electrons. The first kappa shape index (κ1) is 10.2. The minimum atomic E-state index is -0.432. The van der Waals surface area contributed by atoms with Gasteiger partial charge in [0.25, 0.3) is 0 Å². The number of fused-ring (bicyclic) bond motifs is 1. The molecule has 0 unspecified atom stereocenters. The average molecular weight is 228 g/mol. The lowest BCUT2D eigenvalue weighted by Crippen LogP contribution is -2.19. The number of benzene rings is 1. The number of rotatable bonds is 2. The van der Waals surface area contributed by atoms with Crippen LogP contribution in [0.3, 0.4) is 0 Å². The van der Waals surface area contributed by atoms with E-state index in [-0.39, 0.29) is 0 Å². The van der Waals surface area contributed by atoms with Crippen molar-refractivity contribution in [1.82, 2.24) is 4.98 Å². The molecule has 4 nitrogen and oxygen atoms in total. The van der Waals surface area contributed by atoms with Gasteiger partial charge >= 0.3 is 0 Å². The Morgan fingerprint density at radius 3 is 2.94 bits per heavy atom. The molecule has 0 N–H and O–H groups in total. The molecule has 1 aliphatic carbocycles. The molecule has 1 saturated carbocycles. The van der Waals surface area contributed by atoms with E-state index in [9.17, 15) is 4.79 Å². The summed E-state index contributed by atoms with van der Waals surface area (Å²) < 4.78 is 5.29. The van der Waals surface area contributed by atoms with Gasteiger partial charge in [0.1, 0.15) is 11.1 Å². The van der Waals surface area contributed by atoms with Crippen molar-refractivity contribution in [1.29, 1.82) is 0 Å². The van der Waals surface area contributed by atoms with Gasteiger partial charge in [-0.15, -0.1) is 0 Å². The maximum absolute atomic E-state index is 10.7. The number of nitrogens with zero attached hydrogens (tertiary/aromatic N) is 2. The highest BCUT2D eigenvalue weighted by molar-refractivity contribution is 5.77. The molecule has 0 saturated heterocycles. The molecule has 1 fully saturated rings. The molecule has 0 atom stereocenters. The number of hydrogen-bond acceptors (Lipinski definition) is 4. The molecule has 0 radical (unpaired) electrons. The van der Waals surface area contributed by atoms with Crippen molar-refractivity contribution in [3.8, 4) is 0 Å². The van der Waals surface area contributed by atoms with Crippen molar-refractivity contribution in [2.45, 2.75) is 31.2 Å². The second-order valence-electron chi connectivity index (χ2n) is 4.45. The molecule has 0 spiro atoms. The molecule has 17 heavy (non-hydrogen) atoms. The average Bonchev–Trinajstić information content (AvgIpc) is 2.97. The summed E-state index contributed by atoms with van der Waals surface area (Å²) in [6.07, 6.45) is 7.09. The van der Waals surface area contributed by atoms with E-state index in [2.05, 4.69) is 9.98 Å². The van der Waals surface area contributed by atoms with Gasteiger partial charge in [0, 0.05) is 5.56 Å². The number of oxazole rings is 1. The van der Waals surface area contributed by atoms with Crippen LogP contribution in [0.4, 0.5) is 0 Å². The summed E-state index contributed by atoms with van der Waals surface area (Å²) in [5.74, 6) is 0. The van der Waals surface area contributed by atoms with Crippen molar-refractivity contribution in [2.75, 3.05) is 0 Å². The summed E-state index contributed by atoms with van der Waals surface area (Å²) in [4.78, 5) is 19.0. The highest BCUT2D eigenvalue weighted by Crippen LogP contribution is 2.44. The molecule has 1 aromatic carbocycles. The normalized spacial score (nSPS) is 18.1. The molecule has 4 heteroatoms. The fourth-order valence-corrected chi connectivity index (χ4v) is 2.75. The van der Waals surface area contributed by atoms with Gasteiger partial charge in [0.05, 0.1) is 0 Å². The van der Waals surface area contributed by atoms with Crippen LogP contribution in [-0.4, -0.2) is 11.1 Å². The van der Waals surface area contributed by atoms with Crippen molar-refractivity contribution >= 4 is 17.2 Å². The van der Waals surface area contributed by atoms with Crippen LogP contribution in [0.1, 0.15) is 31.2 Å². The van der Waals surface area contributed by atoms with Gasteiger partial charge in [-0.05, 0) is 18.9 Å². The Kier molecular flexibility index (Phi) is 2.30. The van der Waals surface area contributed by atoms with E-state index in [1.165, 1.54) is 6.39 Å². The van der Waals surface area contributed by atoms with Gasteiger partial charge in [-0.2, -0.15) is 4.99 Å². The third kappa shape index (κ3) is 1.49. The third-order valence-corrected chi connectivity index (χ3v) is 3.55. The third-order valence-electron chi connectivity index (χ3n) is 3.55. The van der Waals surface area contributed by atoms with Gasteiger partial charge in [-0.25, -0.2) is 9.78 Å². The zero-order chi connectivity index (χ0) is 11.7. The number of para-hydroxylation sites is 1. The van der Waals surface area contributed by atoms with Crippen molar-refractivity contribution in [3.05, 3.63) is 30.2 Å². The van der Waals surface area contributed by atoms with Crippen LogP contribution in [0.2, 0.25) is 0 Å². The van der Waals surface area contributed by atoms with E-state index in [1.54, 1.807) is 6.08 Å². The van der Waals surface area contributed by atoms with Crippen molar-refractivity contribution in [3.63, 3.8) is 0 Å². The molecule has 0 bridgehead atoms. The van der Waals surface area contributed by atoms with Crippen LogP contribution in [-0.2, 0) is 10.3 Å². The van der Waals surface area contributed by atoms with Crippen LogP contribution >= 0.6 is 0 Å². The number of carbonyl (C=O) groups excluding carboxylic acids is 1. The van der Waals surface area contributed by atoms with Gasteiger partial charge in [0.15, 0.2) is 12.0 Å². The lowest BCUT2D eigenvalue weighted by atomic mass is 9.88. The highest BCUT2D eigenvalue weighted by atomic mass is 16.3. The second kappa shape index (κ2) is 3.82. The standard InChI is InChI=1S/C13H12N2O2/c16-8-15-13(6-1-2-7-13)10-4-3-5-11-12(10)14-9-17-11/h3-5,9H,1-2,6-7H2. The smallest absolute Gasteiger partial charge is 0.235 e. The van der Waals surface area contributed by atoms with E-state index in [4.69, 9.17) is 4.42 Å². The quantitative estimate of drug-likeness (QED) is 0.586. The fourth-order valence-electron chi connectivity index (χ4n) is 2.75. The van der Waals surface area contributed by atoms with Gasteiger partial charge in [-0.1, -0.05) is 25.0 Å². The molecule has 0 aliphatic heterocycles. The van der Waals surface area contributed by atoms with E-state index in [0.717, 1.165) is 42.3 Å². The highest BCUT2D eigenvalue weighted by Gasteiger charge is 2.37. The Morgan fingerprint density at radius 1 is 1.35 bits per heavy atom. The van der Waals surface area contributed by atoms with Crippen LogP contribution in [0.15, 0.2) is 34.0 Å². The Balaban J connectivity index is 2.25. The first-order valence-corrected chi connectivity index (χ1v) is 5.77. The Morgan fingerprint density at radius 2 is 2.18 bits per heavy atom. The summed E-state index contributed by atoms with van der Waals surface area (Å²) in [5, 5.41) is 0. The maximum atomic E-state index is 10.7. The number of hydrogen-bond donors (Lipinski definition) is 0. The van der Waals surface area contributed by atoms with Gasteiger partial charge < -0.3 is 4.42 Å². The Bertz CT molecular complexity index is 590. The number of aromatic nitrogens is 1. The van der Waals surface area contributed by atoms with Gasteiger partial charge in [-0.3, -0.25) is 0 Å². The molecule has 2 aromatic rings. The first-order chi connectivity index (χ1) is 8.36. The Hall–Kier alpha value is -1.93. The topological polar surface area (TPSA) is 55.5 Å². The summed E-state index contributed by atoms with van der Waals surface area (Å²) in [6.45, 7) is 0. The zero-order valence-electron chi connectivity index (χ0n) is 9.35. The summed E-state index contributed by atoms with van der Waals surface area (Å²) in [5.41, 5.74) is 2.12. The van der Waals surface area contributed by atoms with E-state index in [1.807, 2.05) is 18.2 Å². The van der Waals surface area contributed by atoms with Gasteiger partial charge in [0.2, 0.25) is 6.08 Å². The first-order valence-electron chi connectivity index (χ1n) is 5.77. The minimum absolute atomic E-state index is 0.432. The summed E-state index contributed by atoms with van der Waals surface area (Å²) >= 11 is 0. The minimum Gasteiger partial charge on any atom is -0.443 e. The van der Waals surface area contributed by atoms with Crippen LogP contribution in [0, 0.1) is 0 Å². The molecule has 1 aliphatic rings. The van der Waals surface area contributed by atoms with E-state index >= 15 is 0 Å². The lowest BCUT2D eigenvalue weighted by Gasteiger charge is -2.22. The Labute approximate surface area is 98.4 Å². The number of aliphatic imine (C=N–C) groups is 1. The fraction of sp³-hybridized carbons (Fsp3) is 0.385. The monoisotopic (exact) mass is 228 g/mol. The van der Waals surface area contributed by atoms with Crippen LogP contribution in [0.25, 0.3) is 11.1 Å². The largest absolute Gasteiger partial charge is 0.443 e. The van der Waals surface area contributed by atoms with E-state index in [0.29, 0.717) is 0 Å².